The molecule has 2 bridgehead atoms. The van der Waals surface area contributed by atoms with Crippen LogP contribution in [0.3, 0.4) is 0 Å². The predicted octanol–water partition coefficient (Wildman–Crippen LogP) is 3.76. The fourth-order valence-electron chi connectivity index (χ4n) is 4.38. The van der Waals surface area contributed by atoms with E-state index in [9.17, 15) is 0 Å². The molecule has 3 fully saturated rings. The van der Waals surface area contributed by atoms with Crippen molar-refractivity contribution < 1.29 is 0 Å². The van der Waals surface area contributed by atoms with E-state index in [1.54, 1.807) is 51.4 Å². The van der Waals surface area contributed by atoms with Crippen molar-refractivity contribution in [2.75, 3.05) is 0 Å². The normalized spacial score (nSPS) is 52.0. The van der Waals surface area contributed by atoms with Gasteiger partial charge in [0.05, 0.1) is 0 Å². The first kappa shape index (κ1) is 7.41. The Morgan fingerprint density at radius 3 is 2.83 bits per heavy atom. The molecule has 0 heterocycles. The first-order valence-corrected chi connectivity index (χ1v) is 5.89. The Labute approximate surface area is 75.7 Å². The molecular formula is C12H20. The first-order chi connectivity index (χ1) is 5.89. The van der Waals surface area contributed by atoms with Crippen LogP contribution in [0.5, 0.6) is 0 Å². The summed E-state index contributed by atoms with van der Waals surface area (Å²) in [5.41, 5.74) is 0.890. The fourth-order valence-corrected chi connectivity index (χ4v) is 4.38. The molecule has 3 rings (SSSR count). The minimum atomic E-state index is 0.890. The minimum Gasteiger partial charge on any atom is -0.0530 e. The molecular weight excluding hydrogens is 144 g/mol. The second-order valence-electron chi connectivity index (χ2n) is 5.49. The molecule has 0 N–H and O–H groups in total. The molecule has 0 amide bonds. The lowest BCUT2D eigenvalue weighted by Gasteiger charge is -2.44. The van der Waals surface area contributed by atoms with E-state index in [4.69, 9.17) is 0 Å². The largest absolute Gasteiger partial charge is 0.0530 e. The Kier molecular flexibility index (Phi) is 1.54. The number of hydrogen-bond donors (Lipinski definition) is 0. The van der Waals surface area contributed by atoms with Crippen LogP contribution in [-0.4, -0.2) is 0 Å². The highest BCUT2D eigenvalue weighted by Gasteiger charge is 2.48. The average Bonchev–Trinajstić information content (AvgIpc) is 2.43. The van der Waals surface area contributed by atoms with Gasteiger partial charge in [-0.15, -0.1) is 0 Å². The van der Waals surface area contributed by atoms with E-state index < -0.39 is 0 Å². The smallest absolute Gasteiger partial charge is 0.0266 e. The molecule has 0 nitrogen and oxygen atoms in total. The van der Waals surface area contributed by atoms with Gasteiger partial charge in [-0.25, -0.2) is 0 Å². The van der Waals surface area contributed by atoms with Crippen molar-refractivity contribution in [1.29, 1.82) is 0 Å². The van der Waals surface area contributed by atoms with E-state index in [-0.39, 0.29) is 0 Å². The molecule has 0 saturated heterocycles. The minimum absolute atomic E-state index is 0.890. The van der Waals surface area contributed by atoms with Gasteiger partial charge in [-0.2, -0.15) is 0 Å². The van der Waals surface area contributed by atoms with Gasteiger partial charge in [-0.3, -0.25) is 0 Å². The second-order valence-corrected chi connectivity index (χ2v) is 5.49. The zero-order chi connectivity index (χ0) is 8.02. The van der Waals surface area contributed by atoms with Crippen molar-refractivity contribution in [2.24, 2.45) is 17.3 Å². The summed E-state index contributed by atoms with van der Waals surface area (Å²) in [6, 6.07) is 0. The van der Waals surface area contributed by atoms with E-state index in [1.165, 1.54) is 6.42 Å². The summed E-state index contributed by atoms with van der Waals surface area (Å²) in [5, 5.41) is 0. The summed E-state index contributed by atoms with van der Waals surface area (Å²) in [5.74, 6) is 2.31. The van der Waals surface area contributed by atoms with Crippen LogP contribution < -0.4 is 0 Å². The van der Waals surface area contributed by atoms with Gasteiger partial charge in [0, 0.05) is 0 Å². The molecule has 0 aromatic heterocycles. The lowest BCUT2D eigenvalue weighted by atomic mass is 9.61. The lowest BCUT2D eigenvalue weighted by Crippen LogP contribution is -2.34. The van der Waals surface area contributed by atoms with Crippen molar-refractivity contribution in [3.8, 4) is 0 Å². The Morgan fingerprint density at radius 1 is 0.833 bits per heavy atom. The highest BCUT2D eigenvalue weighted by atomic mass is 14.5. The standard InChI is InChI=1S/C12H20/c1-2-7-12-8-6-10(9-12)4-5-11(12)3-1/h10-11H,1-9H2. The van der Waals surface area contributed by atoms with Gasteiger partial charge in [0.2, 0.25) is 0 Å². The zero-order valence-corrected chi connectivity index (χ0v) is 8.02. The predicted molar refractivity (Wildman–Crippen MR) is 51.0 cm³/mol. The first-order valence-electron chi connectivity index (χ1n) is 5.89. The third-order valence-electron chi connectivity index (χ3n) is 5.01. The van der Waals surface area contributed by atoms with Crippen molar-refractivity contribution in [3.63, 3.8) is 0 Å². The Morgan fingerprint density at radius 2 is 1.83 bits per heavy atom. The van der Waals surface area contributed by atoms with Gasteiger partial charge < -0.3 is 0 Å². The van der Waals surface area contributed by atoms with E-state index in [1.807, 2.05) is 0 Å². The van der Waals surface area contributed by atoms with Gasteiger partial charge in [0.1, 0.15) is 0 Å². The van der Waals surface area contributed by atoms with Crippen LogP contribution in [0, 0.1) is 17.3 Å². The van der Waals surface area contributed by atoms with Crippen molar-refractivity contribution in [1.82, 2.24) is 0 Å². The van der Waals surface area contributed by atoms with Crippen LogP contribution in [0.4, 0.5) is 0 Å². The monoisotopic (exact) mass is 164 g/mol. The molecule has 0 aromatic rings. The van der Waals surface area contributed by atoms with Crippen LogP contribution in [-0.2, 0) is 0 Å². The molecule has 1 spiro atoms. The average molecular weight is 164 g/mol. The Bertz CT molecular complexity index is 178. The molecule has 0 aliphatic heterocycles. The van der Waals surface area contributed by atoms with Crippen molar-refractivity contribution >= 4 is 0 Å². The van der Waals surface area contributed by atoms with Gasteiger partial charge in [-0.05, 0) is 55.8 Å². The molecule has 3 aliphatic carbocycles. The summed E-state index contributed by atoms with van der Waals surface area (Å²) >= 11 is 0. The third-order valence-corrected chi connectivity index (χ3v) is 5.01. The summed E-state index contributed by atoms with van der Waals surface area (Å²) < 4.78 is 0. The molecule has 3 saturated carbocycles. The number of fused-ring (bicyclic) bond motifs is 1. The molecule has 3 atom stereocenters. The summed E-state index contributed by atoms with van der Waals surface area (Å²) in [4.78, 5) is 0. The van der Waals surface area contributed by atoms with Crippen LogP contribution in [0.15, 0.2) is 0 Å². The molecule has 3 unspecified atom stereocenters. The molecule has 3 aliphatic rings. The van der Waals surface area contributed by atoms with Gasteiger partial charge in [0.15, 0.2) is 0 Å². The number of hydrogen-bond acceptors (Lipinski definition) is 0. The Balaban J connectivity index is 1.88. The van der Waals surface area contributed by atoms with Crippen LogP contribution in [0.25, 0.3) is 0 Å². The quantitative estimate of drug-likeness (QED) is 0.511. The van der Waals surface area contributed by atoms with E-state index >= 15 is 0 Å². The molecule has 0 radical (unpaired) electrons. The second kappa shape index (κ2) is 2.49. The van der Waals surface area contributed by atoms with Crippen molar-refractivity contribution in [2.45, 2.75) is 57.8 Å². The summed E-state index contributed by atoms with van der Waals surface area (Å²) in [6.07, 6.45) is 14.2. The van der Waals surface area contributed by atoms with Crippen LogP contribution >= 0.6 is 0 Å². The topological polar surface area (TPSA) is 0 Å². The molecule has 12 heavy (non-hydrogen) atoms. The maximum Gasteiger partial charge on any atom is -0.0266 e. The highest BCUT2D eigenvalue weighted by Crippen LogP contribution is 2.60. The zero-order valence-electron chi connectivity index (χ0n) is 8.02. The van der Waals surface area contributed by atoms with E-state index in [0.717, 1.165) is 17.3 Å². The molecule has 0 heteroatoms. The third kappa shape index (κ3) is 0.900. The maximum atomic E-state index is 1.62. The van der Waals surface area contributed by atoms with E-state index in [0.29, 0.717) is 0 Å². The SMILES string of the molecule is C1CCC23CCC(CCC2C1)C3. The van der Waals surface area contributed by atoms with Gasteiger partial charge >= 0.3 is 0 Å². The fraction of sp³-hybridized carbons (Fsp3) is 1.00. The highest BCUT2D eigenvalue weighted by molar-refractivity contribution is 4.99. The summed E-state index contributed by atoms with van der Waals surface area (Å²) in [7, 11) is 0. The summed E-state index contributed by atoms with van der Waals surface area (Å²) in [6.45, 7) is 0. The molecule has 0 aromatic carbocycles. The van der Waals surface area contributed by atoms with Crippen molar-refractivity contribution in [3.05, 3.63) is 0 Å². The van der Waals surface area contributed by atoms with Gasteiger partial charge in [0.25, 0.3) is 0 Å². The lowest BCUT2D eigenvalue weighted by molar-refractivity contribution is 0.0617. The number of rotatable bonds is 0. The van der Waals surface area contributed by atoms with Crippen LogP contribution in [0.1, 0.15) is 57.8 Å². The maximum absolute atomic E-state index is 1.62. The molecule has 68 valence electrons. The van der Waals surface area contributed by atoms with Crippen LogP contribution in [0.2, 0.25) is 0 Å². The van der Waals surface area contributed by atoms with E-state index in [2.05, 4.69) is 0 Å². The van der Waals surface area contributed by atoms with Gasteiger partial charge in [-0.1, -0.05) is 19.3 Å². The Hall–Kier alpha value is 0.